The van der Waals surface area contributed by atoms with Crippen molar-refractivity contribution in [1.29, 1.82) is 0 Å². The zero-order chi connectivity index (χ0) is 8.97. The molecule has 1 aromatic heterocycles. The van der Waals surface area contributed by atoms with E-state index in [0.29, 0.717) is 11.8 Å². The molecule has 0 fully saturated rings. The molecule has 60 valence electrons. The van der Waals surface area contributed by atoms with Crippen LogP contribution in [0.4, 0.5) is 0 Å². The van der Waals surface area contributed by atoms with Crippen molar-refractivity contribution in [3.8, 4) is 11.8 Å². The van der Waals surface area contributed by atoms with Gasteiger partial charge in [-0.15, -0.1) is 0 Å². The molecule has 4 heteroatoms. The predicted octanol–water partition coefficient (Wildman–Crippen LogP) is 1.94. The average molecular weight is 200 g/mol. The first kappa shape index (κ1) is 9.05. The van der Waals surface area contributed by atoms with Gasteiger partial charge < -0.3 is 0 Å². The monoisotopic (exact) mass is 199 g/mol. The molecule has 12 heavy (non-hydrogen) atoms. The van der Waals surface area contributed by atoms with E-state index in [1.807, 2.05) is 0 Å². The van der Waals surface area contributed by atoms with Gasteiger partial charge in [-0.25, -0.2) is 4.98 Å². The van der Waals surface area contributed by atoms with Crippen molar-refractivity contribution in [1.82, 2.24) is 4.98 Å². The van der Waals surface area contributed by atoms with Crippen molar-refractivity contribution >= 4 is 29.5 Å². The Morgan fingerprint density at radius 1 is 1.50 bits per heavy atom. The zero-order valence-corrected chi connectivity index (χ0v) is 7.36. The van der Waals surface area contributed by atoms with E-state index in [0.717, 1.165) is 0 Å². The highest BCUT2D eigenvalue weighted by molar-refractivity contribution is 6.41. The van der Waals surface area contributed by atoms with Crippen LogP contribution in [0.5, 0.6) is 0 Å². The molecule has 1 heterocycles. The van der Waals surface area contributed by atoms with Crippen LogP contribution >= 0.6 is 23.2 Å². The summed E-state index contributed by atoms with van der Waals surface area (Å²) in [6.45, 7) is 0. The standard InChI is InChI=1S/C8H3Cl2NO/c9-7-6(2-1-5-12)3-4-11-8(7)10/h3-5H. The molecule has 0 bridgehead atoms. The minimum atomic E-state index is 0.189. The molecule has 0 atom stereocenters. The highest BCUT2D eigenvalue weighted by atomic mass is 35.5. The van der Waals surface area contributed by atoms with Crippen LogP contribution < -0.4 is 0 Å². The summed E-state index contributed by atoms with van der Waals surface area (Å²) < 4.78 is 0. The smallest absolute Gasteiger partial charge is 0.193 e. The van der Waals surface area contributed by atoms with Crippen molar-refractivity contribution in [2.75, 3.05) is 0 Å². The van der Waals surface area contributed by atoms with Crippen molar-refractivity contribution in [2.45, 2.75) is 0 Å². The molecule has 2 nitrogen and oxygen atoms in total. The molecule has 0 spiro atoms. The Morgan fingerprint density at radius 3 is 2.92 bits per heavy atom. The van der Waals surface area contributed by atoms with Gasteiger partial charge in [-0.2, -0.15) is 0 Å². The van der Waals surface area contributed by atoms with Gasteiger partial charge in [0.15, 0.2) is 6.29 Å². The highest BCUT2D eigenvalue weighted by Gasteiger charge is 2.01. The van der Waals surface area contributed by atoms with Gasteiger partial charge in [-0.05, 0) is 12.0 Å². The number of carbonyl (C=O) groups excluding carboxylic acids is 1. The normalized spacial score (nSPS) is 8.50. The average Bonchev–Trinajstić information content (AvgIpc) is 2.08. The van der Waals surface area contributed by atoms with Crippen LogP contribution in [0.25, 0.3) is 0 Å². The highest BCUT2D eigenvalue weighted by Crippen LogP contribution is 2.21. The number of carbonyl (C=O) groups is 1. The third-order valence-electron chi connectivity index (χ3n) is 1.11. The van der Waals surface area contributed by atoms with Gasteiger partial charge in [0.05, 0.1) is 5.02 Å². The molecular weight excluding hydrogens is 197 g/mol. The first-order valence-corrected chi connectivity index (χ1v) is 3.76. The first-order valence-electron chi connectivity index (χ1n) is 3.01. The molecule has 0 N–H and O–H groups in total. The van der Waals surface area contributed by atoms with Crippen molar-refractivity contribution in [3.05, 3.63) is 28.0 Å². The second kappa shape index (κ2) is 4.10. The summed E-state index contributed by atoms with van der Waals surface area (Å²) in [5.41, 5.74) is 0.503. The fraction of sp³-hybridized carbons (Fsp3) is 0. The lowest BCUT2D eigenvalue weighted by atomic mass is 10.3. The maximum Gasteiger partial charge on any atom is 0.193 e. The molecule has 1 rings (SSSR count). The van der Waals surface area contributed by atoms with Crippen LogP contribution in [-0.4, -0.2) is 11.3 Å². The van der Waals surface area contributed by atoms with Crippen LogP contribution in [0.1, 0.15) is 5.56 Å². The fourth-order valence-corrected chi connectivity index (χ4v) is 0.939. The molecule has 0 aliphatic carbocycles. The minimum absolute atomic E-state index is 0.189. The van der Waals surface area contributed by atoms with Gasteiger partial charge in [-0.1, -0.05) is 29.1 Å². The summed E-state index contributed by atoms with van der Waals surface area (Å²) in [4.78, 5) is 13.6. The summed E-state index contributed by atoms with van der Waals surface area (Å²) in [7, 11) is 0. The van der Waals surface area contributed by atoms with Crippen molar-refractivity contribution in [2.24, 2.45) is 0 Å². The topological polar surface area (TPSA) is 30.0 Å². The molecule has 0 aliphatic heterocycles. The van der Waals surface area contributed by atoms with Crippen LogP contribution in [0, 0.1) is 11.8 Å². The van der Waals surface area contributed by atoms with E-state index in [1.165, 1.54) is 6.20 Å². The van der Waals surface area contributed by atoms with Gasteiger partial charge in [0.2, 0.25) is 0 Å². The largest absolute Gasteiger partial charge is 0.289 e. The van der Waals surface area contributed by atoms with Gasteiger partial charge in [0, 0.05) is 11.8 Å². The Bertz CT molecular complexity index is 365. The van der Waals surface area contributed by atoms with E-state index in [9.17, 15) is 4.79 Å². The van der Waals surface area contributed by atoms with Gasteiger partial charge >= 0.3 is 0 Å². The molecule has 0 radical (unpaired) electrons. The molecule has 0 saturated heterocycles. The van der Waals surface area contributed by atoms with E-state index in [-0.39, 0.29) is 10.2 Å². The quantitative estimate of drug-likeness (QED) is 0.364. The van der Waals surface area contributed by atoms with E-state index in [2.05, 4.69) is 16.8 Å². The number of aromatic nitrogens is 1. The Labute approximate surface area is 79.5 Å². The predicted molar refractivity (Wildman–Crippen MR) is 47.2 cm³/mol. The van der Waals surface area contributed by atoms with E-state index < -0.39 is 0 Å². The first-order chi connectivity index (χ1) is 5.75. The summed E-state index contributed by atoms with van der Waals surface area (Å²) in [5, 5.41) is 0.461. The van der Waals surface area contributed by atoms with Crippen LogP contribution in [0.2, 0.25) is 10.2 Å². The van der Waals surface area contributed by atoms with Crippen molar-refractivity contribution < 1.29 is 4.79 Å². The van der Waals surface area contributed by atoms with Crippen LogP contribution in [-0.2, 0) is 4.79 Å². The molecule has 0 aromatic carbocycles. The van der Waals surface area contributed by atoms with Crippen LogP contribution in [0.3, 0.4) is 0 Å². The number of nitrogens with zero attached hydrogens (tertiary/aromatic N) is 1. The fourth-order valence-electron chi connectivity index (χ4n) is 0.622. The third-order valence-corrected chi connectivity index (χ3v) is 1.88. The van der Waals surface area contributed by atoms with Gasteiger partial charge in [0.1, 0.15) is 5.15 Å². The van der Waals surface area contributed by atoms with E-state index in [4.69, 9.17) is 23.2 Å². The molecule has 1 aromatic rings. The number of hydrogen-bond donors (Lipinski definition) is 0. The number of halogens is 2. The molecule has 0 amide bonds. The lowest BCUT2D eigenvalue weighted by molar-refractivity contribution is -0.103. The van der Waals surface area contributed by atoms with E-state index in [1.54, 1.807) is 6.07 Å². The minimum Gasteiger partial charge on any atom is -0.289 e. The Hall–Kier alpha value is -1.04. The number of hydrogen-bond acceptors (Lipinski definition) is 2. The summed E-state index contributed by atoms with van der Waals surface area (Å²) >= 11 is 11.3. The second-order valence-corrected chi connectivity index (χ2v) is 2.59. The SMILES string of the molecule is O=CC#Cc1ccnc(Cl)c1Cl. The van der Waals surface area contributed by atoms with E-state index >= 15 is 0 Å². The Morgan fingerprint density at radius 2 is 2.25 bits per heavy atom. The van der Waals surface area contributed by atoms with Gasteiger partial charge in [-0.3, -0.25) is 4.79 Å². The molecular formula is C8H3Cl2NO. The van der Waals surface area contributed by atoms with Gasteiger partial charge in [0.25, 0.3) is 0 Å². The lowest BCUT2D eigenvalue weighted by Crippen LogP contribution is -1.81. The Balaban J connectivity index is 3.16. The van der Waals surface area contributed by atoms with Crippen LogP contribution in [0.15, 0.2) is 12.3 Å². The molecule has 0 unspecified atom stereocenters. The second-order valence-electron chi connectivity index (χ2n) is 1.85. The third kappa shape index (κ3) is 1.97. The van der Waals surface area contributed by atoms with Crippen molar-refractivity contribution in [3.63, 3.8) is 0 Å². The maximum absolute atomic E-state index is 9.91. The Kier molecular flexibility index (Phi) is 3.09. The summed E-state index contributed by atoms with van der Waals surface area (Å²) in [6.07, 6.45) is 1.97. The summed E-state index contributed by atoms with van der Waals surface area (Å²) in [5.74, 6) is 4.76. The molecule has 0 aliphatic rings. The maximum atomic E-state index is 9.91. The number of aldehydes is 1. The number of pyridine rings is 1. The number of rotatable bonds is 0. The molecule has 0 saturated carbocycles. The summed E-state index contributed by atoms with van der Waals surface area (Å²) in [6, 6.07) is 1.59. The lowest BCUT2D eigenvalue weighted by Gasteiger charge is -1.95. The zero-order valence-electron chi connectivity index (χ0n) is 5.84.